The highest BCUT2D eigenvalue weighted by Gasteiger charge is 2.27. The summed E-state index contributed by atoms with van der Waals surface area (Å²) in [6.07, 6.45) is 3.35. The second-order valence-electron chi connectivity index (χ2n) is 7.54. The van der Waals surface area contributed by atoms with Crippen molar-refractivity contribution in [1.29, 1.82) is 0 Å². The Labute approximate surface area is 157 Å². The average Bonchev–Trinajstić information content (AvgIpc) is 2.69. The fraction of sp³-hybridized carbons (Fsp3) is 0.435. The van der Waals surface area contributed by atoms with Crippen LogP contribution in [-0.2, 0) is 17.8 Å². The first-order valence-corrected chi connectivity index (χ1v) is 9.70. The molecule has 138 valence electrons. The molecule has 2 aromatic carbocycles. The minimum atomic E-state index is -0.0825. The Kier molecular flexibility index (Phi) is 6.45. The molecule has 1 aliphatic rings. The number of benzene rings is 2. The van der Waals surface area contributed by atoms with Crippen molar-refractivity contribution in [2.75, 3.05) is 20.1 Å². The first kappa shape index (κ1) is 18.7. The largest absolute Gasteiger partial charge is 0.341 e. The zero-order chi connectivity index (χ0) is 18.4. The third-order valence-electron chi connectivity index (χ3n) is 5.59. The number of amides is 1. The molecule has 0 radical (unpaired) electrons. The summed E-state index contributed by atoms with van der Waals surface area (Å²) in [5.74, 6) is 0.959. The SMILES string of the molecule is C[C@@H](C(=O)N1CCC(Cc2ccccc2)CC1)N(C)Cc1ccccc1. The molecule has 0 unspecified atom stereocenters. The van der Waals surface area contributed by atoms with Gasteiger partial charge in [-0.25, -0.2) is 0 Å². The lowest BCUT2D eigenvalue weighted by atomic mass is 9.90. The number of piperidine rings is 1. The highest BCUT2D eigenvalue weighted by atomic mass is 16.2. The van der Waals surface area contributed by atoms with Gasteiger partial charge in [-0.1, -0.05) is 60.7 Å². The molecular weight excluding hydrogens is 320 g/mol. The van der Waals surface area contributed by atoms with E-state index in [0.717, 1.165) is 38.9 Å². The molecule has 0 aromatic heterocycles. The van der Waals surface area contributed by atoms with Crippen LogP contribution in [0.5, 0.6) is 0 Å². The predicted octanol–water partition coefficient (Wildman–Crippen LogP) is 3.99. The summed E-state index contributed by atoms with van der Waals surface area (Å²) in [5, 5.41) is 0. The molecule has 2 aromatic rings. The smallest absolute Gasteiger partial charge is 0.239 e. The van der Waals surface area contributed by atoms with Crippen molar-refractivity contribution in [3.8, 4) is 0 Å². The Balaban J connectivity index is 1.48. The third-order valence-corrected chi connectivity index (χ3v) is 5.59. The summed E-state index contributed by atoms with van der Waals surface area (Å²) in [6.45, 7) is 4.61. The minimum absolute atomic E-state index is 0.0825. The second kappa shape index (κ2) is 9.00. The van der Waals surface area contributed by atoms with E-state index in [0.29, 0.717) is 5.92 Å². The summed E-state index contributed by atoms with van der Waals surface area (Å²) >= 11 is 0. The van der Waals surface area contributed by atoms with Gasteiger partial charge in [0.25, 0.3) is 0 Å². The molecule has 1 atom stereocenters. The Morgan fingerprint density at radius 3 is 2.12 bits per heavy atom. The Morgan fingerprint density at radius 2 is 1.54 bits per heavy atom. The summed E-state index contributed by atoms with van der Waals surface area (Å²) in [7, 11) is 2.04. The van der Waals surface area contributed by atoms with E-state index in [1.54, 1.807) is 0 Å². The Bertz CT molecular complexity index is 678. The van der Waals surface area contributed by atoms with Crippen molar-refractivity contribution >= 4 is 5.91 Å². The third kappa shape index (κ3) is 4.95. The Hall–Kier alpha value is -2.13. The molecule has 3 heteroatoms. The molecule has 0 saturated carbocycles. The van der Waals surface area contributed by atoms with Crippen LogP contribution in [0.2, 0.25) is 0 Å². The van der Waals surface area contributed by atoms with Crippen molar-refractivity contribution < 1.29 is 4.79 Å². The number of rotatable bonds is 6. The molecular formula is C23H30N2O. The number of hydrogen-bond donors (Lipinski definition) is 0. The lowest BCUT2D eigenvalue weighted by Crippen LogP contribution is -2.48. The first-order valence-electron chi connectivity index (χ1n) is 9.70. The van der Waals surface area contributed by atoms with Crippen LogP contribution in [0.3, 0.4) is 0 Å². The number of carbonyl (C=O) groups is 1. The van der Waals surface area contributed by atoms with Crippen LogP contribution >= 0.6 is 0 Å². The van der Waals surface area contributed by atoms with E-state index in [2.05, 4.69) is 52.3 Å². The maximum Gasteiger partial charge on any atom is 0.239 e. The zero-order valence-corrected chi connectivity index (χ0v) is 16.0. The lowest BCUT2D eigenvalue weighted by Gasteiger charge is -2.35. The molecule has 26 heavy (non-hydrogen) atoms. The van der Waals surface area contributed by atoms with Gasteiger partial charge >= 0.3 is 0 Å². The van der Waals surface area contributed by atoms with Crippen LogP contribution in [-0.4, -0.2) is 41.9 Å². The van der Waals surface area contributed by atoms with Gasteiger partial charge in [0.15, 0.2) is 0 Å². The fourth-order valence-corrected chi connectivity index (χ4v) is 3.77. The van der Waals surface area contributed by atoms with Crippen molar-refractivity contribution in [3.05, 3.63) is 71.8 Å². The number of likely N-dealkylation sites (N-methyl/N-ethyl adjacent to an activating group) is 1. The molecule has 1 amide bonds. The van der Waals surface area contributed by atoms with Crippen LogP contribution < -0.4 is 0 Å². The number of carbonyl (C=O) groups excluding carboxylic acids is 1. The van der Waals surface area contributed by atoms with E-state index in [9.17, 15) is 4.79 Å². The highest BCUT2D eigenvalue weighted by Crippen LogP contribution is 2.22. The van der Waals surface area contributed by atoms with Crippen molar-refractivity contribution in [2.24, 2.45) is 5.92 Å². The monoisotopic (exact) mass is 350 g/mol. The number of nitrogens with zero attached hydrogens (tertiary/aromatic N) is 2. The molecule has 1 heterocycles. The van der Waals surface area contributed by atoms with Crippen LogP contribution in [0.15, 0.2) is 60.7 Å². The van der Waals surface area contributed by atoms with Gasteiger partial charge in [0.2, 0.25) is 5.91 Å². The van der Waals surface area contributed by atoms with Gasteiger partial charge < -0.3 is 4.90 Å². The zero-order valence-electron chi connectivity index (χ0n) is 16.0. The molecule has 1 saturated heterocycles. The van der Waals surface area contributed by atoms with Crippen LogP contribution in [0, 0.1) is 5.92 Å². The maximum atomic E-state index is 12.9. The van der Waals surface area contributed by atoms with Gasteiger partial charge in [-0.3, -0.25) is 9.69 Å². The van der Waals surface area contributed by atoms with Crippen molar-refractivity contribution in [3.63, 3.8) is 0 Å². The van der Waals surface area contributed by atoms with Crippen molar-refractivity contribution in [2.45, 2.75) is 38.8 Å². The van der Waals surface area contributed by atoms with E-state index in [1.165, 1.54) is 11.1 Å². The number of likely N-dealkylation sites (tertiary alicyclic amines) is 1. The maximum absolute atomic E-state index is 12.9. The Morgan fingerprint density at radius 1 is 1.00 bits per heavy atom. The quantitative estimate of drug-likeness (QED) is 0.786. The second-order valence-corrected chi connectivity index (χ2v) is 7.54. The van der Waals surface area contributed by atoms with E-state index < -0.39 is 0 Å². The molecule has 3 rings (SSSR count). The van der Waals surface area contributed by atoms with Crippen LogP contribution in [0.25, 0.3) is 0 Å². The van der Waals surface area contributed by atoms with Gasteiger partial charge in [0.05, 0.1) is 6.04 Å². The van der Waals surface area contributed by atoms with Gasteiger partial charge in [-0.15, -0.1) is 0 Å². The van der Waals surface area contributed by atoms with Gasteiger partial charge in [-0.05, 0) is 50.3 Å². The predicted molar refractivity (Wildman–Crippen MR) is 107 cm³/mol. The average molecular weight is 351 g/mol. The fourth-order valence-electron chi connectivity index (χ4n) is 3.77. The lowest BCUT2D eigenvalue weighted by molar-refractivity contribution is -0.137. The molecule has 3 nitrogen and oxygen atoms in total. The first-order chi connectivity index (χ1) is 12.6. The van der Waals surface area contributed by atoms with E-state index in [1.807, 2.05) is 32.2 Å². The summed E-state index contributed by atoms with van der Waals surface area (Å²) < 4.78 is 0. The topological polar surface area (TPSA) is 23.6 Å². The molecule has 0 bridgehead atoms. The highest BCUT2D eigenvalue weighted by molar-refractivity contribution is 5.81. The van der Waals surface area contributed by atoms with Crippen molar-refractivity contribution in [1.82, 2.24) is 9.80 Å². The summed E-state index contributed by atoms with van der Waals surface area (Å²) in [6, 6.07) is 21.0. The van der Waals surface area contributed by atoms with E-state index in [-0.39, 0.29) is 11.9 Å². The summed E-state index contributed by atoms with van der Waals surface area (Å²) in [5.41, 5.74) is 2.66. The molecule has 0 N–H and O–H groups in total. The normalized spacial score (nSPS) is 16.7. The van der Waals surface area contributed by atoms with Crippen LogP contribution in [0.4, 0.5) is 0 Å². The van der Waals surface area contributed by atoms with Gasteiger partial charge in [0, 0.05) is 19.6 Å². The van der Waals surface area contributed by atoms with Gasteiger partial charge in [0.1, 0.15) is 0 Å². The van der Waals surface area contributed by atoms with E-state index in [4.69, 9.17) is 0 Å². The number of hydrogen-bond acceptors (Lipinski definition) is 2. The molecule has 0 spiro atoms. The molecule has 0 aliphatic carbocycles. The minimum Gasteiger partial charge on any atom is -0.341 e. The standard InChI is InChI=1S/C23H30N2O/c1-19(24(2)18-22-11-7-4-8-12-22)23(26)25-15-13-21(14-16-25)17-20-9-5-3-6-10-20/h3-12,19,21H,13-18H2,1-2H3/t19-/m0/s1. The van der Waals surface area contributed by atoms with Crippen LogP contribution in [0.1, 0.15) is 30.9 Å². The molecule has 1 fully saturated rings. The summed E-state index contributed by atoms with van der Waals surface area (Å²) in [4.78, 5) is 17.1. The van der Waals surface area contributed by atoms with E-state index >= 15 is 0 Å². The molecule has 1 aliphatic heterocycles. The van der Waals surface area contributed by atoms with Gasteiger partial charge in [-0.2, -0.15) is 0 Å².